The molecule has 2 nitrogen and oxygen atoms in total. The average molecular weight is 459 g/mol. The zero-order valence-corrected chi connectivity index (χ0v) is 20.2. The number of allylic oxidation sites excluding steroid dienone is 2. The number of hydrogen-bond acceptors (Lipinski definition) is 2. The van der Waals surface area contributed by atoms with Gasteiger partial charge in [-0.15, -0.1) is 0 Å². The maximum absolute atomic E-state index is 14.0. The van der Waals surface area contributed by atoms with Crippen LogP contribution in [0.3, 0.4) is 0 Å². The average Bonchev–Trinajstić information content (AvgIpc) is 2.85. The predicted octanol–water partition coefficient (Wildman–Crippen LogP) is 5.72. The number of nitrogens with one attached hydrogen (secondary N) is 2. The molecule has 1 aliphatic heterocycles. The van der Waals surface area contributed by atoms with Gasteiger partial charge in [0.15, 0.2) is 0 Å². The van der Waals surface area contributed by atoms with E-state index in [0.29, 0.717) is 5.92 Å². The summed E-state index contributed by atoms with van der Waals surface area (Å²) in [6.07, 6.45) is 12.1. The standard InChI is InChI=1S/C29H32FN2P/c1-23(2)22-29(28-16-10-11-21-31-28,24-17-19-25(30)20-18-24)32-33(3,26-12-6-4-7-13-26)27-14-8-5-9-15-27/h4-20,23,31-32H,3,21-22H2,1-2H3/t29-/m1/s1. The van der Waals surface area contributed by atoms with E-state index in [1.165, 1.54) is 10.6 Å². The van der Waals surface area contributed by atoms with Crippen LogP contribution in [-0.2, 0) is 5.54 Å². The molecule has 2 N–H and O–H groups in total. The Labute approximate surface area is 197 Å². The summed E-state index contributed by atoms with van der Waals surface area (Å²) in [7, 11) is -2.29. The van der Waals surface area contributed by atoms with Gasteiger partial charge in [0.1, 0.15) is 5.82 Å². The maximum atomic E-state index is 14.0. The first kappa shape index (κ1) is 23.3. The number of dihydropyridines is 1. The molecule has 0 amide bonds. The first-order valence-electron chi connectivity index (χ1n) is 11.5. The van der Waals surface area contributed by atoms with E-state index in [1.807, 2.05) is 24.3 Å². The number of halogens is 1. The summed E-state index contributed by atoms with van der Waals surface area (Å²) in [5, 5.41) is 10.1. The Morgan fingerprint density at radius 2 is 1.52 bits per heavy atom. The summed E-state index contributed by atoms with van der Waals surface area (Å²) in [6, 6.07) is 27.9. The first-order chi connectivity index (χ1) is 15.9. The Morgan fingerprint density at radius 1 is 0.939 bits per heavy atom. The summed E-state index contributed by atoms with van der Waals surface area (Å²) >= 11 is 0. The lowest BCUT2D eigenvalue weighted by molar-refractivity contribution is 0.357. The van der Waals surface area contributed by atoms with Gasteiger partial charge in [0.2, 0.25) is 0 Å². The van der Waals surface area contributed by atoms with Crippen LogP contribution in [0.2, 0.25) is 0 Å². The third-order valence-corrected chi connectivity index (χ3v) is 9.22. The van der Waals surface area contributed by atoms with Crippen molar-refractivity contribution < 1.29 is 4.39 Å². The van der Waals surface area contributed by atoms with Gasteiger partial charge in [0, 0.05) is 19.3 Å². The van der Waals surface area contributed by atoms with Gasteiger partial charge in [0.05, 0.1) is 5.54 Å². The normalized spacial score (nSPS) is 15.6. The minimum Gasteiger partial charge on any atom is -0.383 e. The van der Waals surface area contributed by atoms with Gasteiger partial charge in [-0.2, -0.15) is 0 Å². The quantitative estimate of drug-likeness (QED) is 0.422. The van der Waals surface area contributed by atoms with E-state index in [0.717, 1.165) is 24.2 Å². The van der Waals surface area contributed by atoms with Gasteiger partial charge in [-0.25, -0.2) is 4.39 Å². The lowest BCUT2D eigenvalue weighted by Crippen LogP contribution is -2.50. The van der Waals surface area contributed by atoms with E-state index in [-0.39, 0.29) is 5.82 Å². The van der Waals surface area contributed by atoms with E-state index in [1.54, 1.807) is 12.1 Å². The van der Waals surface area contributed by atoms with E-state index in [9.17, 15) is 4.39 Å². The van der Waals surface area contributed by atoms with E-state index >= 15 is 0 Å². The van der Waals surface area contributed by atoms with E-state index in [4.69, 9.17) is 6.30 Å². The molecular formula is C29H32FN2P. The molecule has 33 heavy (non-hydrogen) atoms. The second-order valence-corrected chi connectivity index (χ2v) is 11.9. The first-order valence-corrected chi connectivity index (χ1v) is 13.4. The Bertz CT molecular complexity index is 1120. The fraction of sp³-hybridized carbons (Fsp3) is 0.207. The highest BCUT2D eigenvalue weighted by molar-refractivity contribution is 7.85. The topological polar surface area (TPSA) is 24.1 Å². The van der Waals surface area contributed by atoms with Crippen LogP contribution in [0, 0.1) is 11.7 Å². The maximum Gasteiger partial charge on any atom is 0.123 e. The van der Waals surface area contributed by atoms with Crippen LogP contribution >= 0.6 is 7.04 Å². The fourth-order valence-electron chi connectivity index (χ4n) is 4.62. The van der Waals surface area contributed by atoms with Crippen molar-refractivity contribution in [2.24, 2.45) is 5.92 Å². The molecule has 0 saturated heterocycles. The summed E-state index contributed by atoms with van der Waals surface area (Å²) in [5.74, 6) is 0.153. The molecule has 3 aromatic rings. The van der Waals surface area contributed by atoms with Gasteiger partial charge in [-0.3, -0.25) is 5.09 Å². The van der Waals surface area contributed by atoms with Crippen LogP contribution in [0.25, 0.3) is 0 Å². The number of hydrogen-bond donors (Lipinski definition) is 2. The van der Waals surface area contributed by atoms with Gasteiger partial charge in [-0.1, -0.05) is 105 Å². The summed E-state index contributed by atoms with van der Waals surface area (Å²) in [5.41, 5.74) is 1.56. The molecular weight excluding hydrogens is 426 g/mol. The second kappa shape index (κ2) is 9.95. The van der Waals surface area contributed by atoms with Crippen molar-refractivity contribution in [3.8, 4) is 0 Å². The monoisotopic (exact) mass is 458 g/mol. The molecule has 4 heteroatoms. The minimum absolute atomic E-state index is 0.232. The number of rotatable bonds is 8. The minimum atomic E-state index is -2.29. The van der Waals surface area contributed by atoms with Crippen molar-refractivity contribution in [2.45, 2.75) is 25.8 Å². The molecule has 0 aliphatic carbocycles. The largest absolute Gasteiger partial charge is 0.383 e. The molecule has 170 valence electrons. The van der Waals surface area contributed by atoms with Crippen LogP contribution in [0.1, 0.15) is 25.8 Å². The molecule has 0 spiro atoms. The summed E-state index contributed by atoms with van der Waals surface area (Å²) in [4.78, 5) is 0. The van der Waals surface area contributed by atoms with Gasteiger partial charge in [0.25, 0.3) is 0 Å². The SMILES string of the molecule is C=P(N[C@@](CC(C)C)(C1=CC=CCN1)c1ccc(F)cc1)(c1ccccc1)c1ccccc1. The predicted molar refractivity (Wildman–Crippen MR) is 142 cm³/mol. The molecule has 0 unspecified atom stereocenters. The van der Waals surface area contributed by atoms with Crippen LogP contribution in [0.15, 0.2) is 109 Å². The second-order valence-electron chi connectivity index (χ2n) is 8.99. The third-order valence-electron chi connectivity index (χ3n) is 6.10. The molecule has 0 fully saturated rings. The molecule has 0 bridgehead atoms. The van der Waals surface area contributed by atoms with Crippen LogP contribution < -0.4 is 21.0 Å². The fourth-order valence-corrected chi connectivity index (χ4v) is 7.53. The molecule has 4 rings (SSSR count). The number of benzene rings is 3. The lowest BCUT2D eigenvalue weighted by atomic mass is 9.79. The summed E-state index contributed by atoms with van der Waals surface area (Å²) < 4.78 is 14.0. The van der Waals surface area contributed by atoms with Crippen LogP contribution in [0.4, 0.5) is 4.39 Å². The van der Waals surface area contributed by atoms with Crippen molar-refractivity contribution in [3.05, 3.63) is 120 Å². The van der Waals surface area contributed by atoms with Gasteiger partial charge >= 0.3 is 0 Å². The van der Waals surface area contributed by atoms with Crippen molar-refractivity contribution in [3.63, 3.8) is 0 Å². The van der Waals surface area contributed by atoms with E-state index < -0.39 is 12.6 Å². The van der Waals surface area contributed by atoms with Crippen LogP contribution in [-0.4, -0.2) is 12.8 Å². The van der Waals surface area contributed by atoms with Gasteiger partial charge in [-0.05, 0) is 46.7 Å². The highest BCUT2D eigenvalue weighted by atomic mass is 31.2. The molecule has 3 aromatic carbocycles. The Morgan fingerprint density at radius 3 is 2.00 bits per heavy atom. The van der Waals surface area contributed by atoms with E-state index in [2.05, 4.69) is 91.0 Å². The molecule has 1 aliphatic rings. The smallest absolute Gasteiger partial charge is 0.123 e. The van der Waals surface area contributed by atoms with Gasteiger partial charge < -0.3 is 5.32 Å². The Balaban J connectivity index is 1.97. The zero-order valence-electron chi connectivity index (χ0n) is 19.3. The molecule has 1 atom stereocenters. The molecule has 0 aromatic heterocycles. The molecule has 1 heterocycles. The highest BCUT2D eigenvalue weighted by Crippen LogP contribution is 2.48. The zero-order chi connectivity index (χ0) is 23.3. The molecule has 0 saturated carbocycles. The summed E-state index contributed by atoms with van der Waals surface area (Å²) in [6.45, 7) is 5.22. The Hall–Kier alpha value is -2.87. The van der Waals surface area contributed by atoms with Crippen molar-refractivity contribution in [1.29, 1.82) is 0 Å². The third kappa shape index (κ3) is 4.90. The molecule has 0 radical (unpaired) electrons. The van der Waals surface area contributed by atoms with Crippen molar-refractivity contribution in [2.75, 3.05) is 6.54 Å². The van der Waals surface area contributed by atoms with Crippen molar-refractivity contribution >= 4 is 23.9 Å². The highest BCUT2D eigenvalue weighted by Gasteiger charge is 2.41. The Kier molecular flexibility index (Phi) is 7.02. The van der Waals surface area contributed by atoms with Crippen molar-refractivity contribution in [1.82, 2.24) is 10.4 Å². The lowest BCUT2D eigenvalue weighted by Gasteiger charge is -2.45. The van der Waals surface area contributed by atoms with Crippen LogP contribution in [0.5, 0.6) is 0 Å².